The van der Waals surface area contributed by atoms with Crippen molar-refractivity contribution in [1.29, 1.82) is 0 Å². The van der Waals surface area contributed by atoms with Gasteiger partial charge in [-0.3, -0.25) is 4.79 Å². The Morgan fingerprint density at radius 2 is 1.94 bits per heavy atom. The summed E-state index contributed by atoms with van der Waals surface area (Å²) in [5.74, 6) is -0.655. The minimum absolute atomic E-state index is 0.248. The van der Waals surface area contributed by atoms with Crippen molar-refractivity contribution in [2.75, 3.05) is 5.32 Å². The highest BCUT2D eigenvalue weighted by molar-refractivity contribution is 14.1. The molecule has 0 aliphatic rings. The SMILES string of the molecule is O=C(Nc1ccc(Br)c(F)c1)c1ccccc1I. The van der Waals surface area contributed by atoms with Crippen molar-refractivity contribution in [2.24, 2.45) is 0 Å². The second-order valence-electron chi connectivity index (χ2n) is 3.56. The maximum absolute atomic E-state index is 13.3. The van der Waals surface area contributed by atoms with Crippen LogP contribution in [0.3, 0.4) is 0 Å². The smallest absolute Gasteiger partial charge is 0.256 e. The van der Waals surface area contributed by atoms with Crippen LogP contribution in [-0.4, -0.2) is 5.91 Å². The van der Waals surface area contributed by atoms with Gasteiger partial charge in [-0.1, -0.05) is 12.1 Å². The molecule has 0 aromatic heterocycles. The third kappa shape index (κ3) is 3.08. The second kappa shape index (κ2) is 5.79. The Balaban J connectivity index is 2.22. The van der Waals surface area contributed by atoms with Crippen LogP contribution in [-0.2, 0) is 0 Å². The molecular formula is C13H8BrFINO. The third-order valence-corrected chi connectivity index (χ3v) is 3.88. The zero-order valence-corrected chi connectivity index (χ0v) is 12.8. The number of amides is 1. The molecule has 0 unspecified atom stereocenters. The van der Waals surface area contributed by atoms with Gasteiger partial charge in [-0.15, -0.1) is 0 Å². The normalized spacial score (nSPS) is 10.2. The summed E-state index contributed by atoms with van der Waals surface area (Å²) in [7, 11) is 0. The first-order chi connectivity index (χ1) is 8.58. The molecule has 0 atom stereocenters. The second-order valence-corrected chi connectivity index (χ2v) is 5.58. The standard InChI is InChI=1S/C13H8BrFINO/c14-10-6-5-8(7-11(10)15)17-13(18)9-3-1-2-4-12(9)16/h1-7H,(H,17,18). The minimum atomic E-state index is -0.407. The van der Waals surface area contributed by atoms with Crippen LogP contribution < -0.4 is 5.32 Å². The van der Waals surface area contributed by atoms with Crippen molar-refractivity contribution in [1.82, 2.24) is 0 Å². The van der Waals surface area contributed by atoms with Crippen LogP contribution >= 0.6 is 38.5 Å². The summed E-state index contributed by atoms with van der Waals surface area (Å²) in [6.07, 6.45) is 0. The van der Waals surface area contributed by atoms with E-state index < -0.39 is 5.82 Å². The summed E-state index contributed by atoms with van der Waals surface area (Å²) >= 11 is 5.15. The van der Waals surface area contributed by atoms with E-state index in [-0.39, 0.29) is 5.91 Å². The molecule has 92 valence electrons. The molecule has 0 saturated heterocycles. The quantitative estimate of drug-likeness (QED) is 0.716. The fourth-order valence-corrected chi connectivity index (χ4v) is 2.30. The summed E-state index contributed by atoms with van der Waals surface area (Å²) in [4.78, 5) is 12.0. The Kier molecular flexibility index (Phi) is 4.34. The van der Waals surface area contributed by atoms with Gasteiger partial charge in [-0.2, -0.15) is 0 Å². The first kappa shape index (κ1) is 13.5. The van der Waals surface area contributed by atoms with Gasteiger partial charge < -0.3 is 5.32 Å². The number of benzene rings is 2. The minimum Gasteiger partial charge on any atom is -0.322 e. The molecule has 2 aromatic carbocycles. The first-order valence-electron chi connectivity index (χ1n) is 5.09. The summed E-state index contributed by atoms with van der Waals surface area (Å²) in [6.45, 7) is 0. The average molecular weight is 420 g/mol. The molecule has 18 heavy (non-hydrogen) atoms. The predicted molar refractivity (Wildman–Crippen MR) is 81.2 cm³/mol. The Hall–Kier alpha value is -0.950. The molecule has 0 aliphatic heterocycles. The van der Waals surface area contributed by atoms with Gasteiger partial charge in [0.25, 0.3) is 5.91 Å². The van der Waals surface area contributed by atoms with Crippen molar-refractivity contribution in [2.45, 2.75) is 0 Å². The van der Waals surface area contributed by atoms with Gasteiger partial charge in [0.1, 0.15) is 5.82 Å². The third-order valence-electron chi connectivity index (χ3n) is 2.30. The summed E-state index contributed by atoms with van der Waals surface area (Å²) in [5, 5.41) is 2.66. The lowest BCUT2D eigenvalue weighted by Gasteiger charge is -2.07. The van der Waals surface area contributed by atoms with Crippen LogP contribution in [0.15, 0.2) is 46.9 Å². The largest absolute Gasteiger partial charge is 0.322 e. The molecule has 0 fully saturated rings. The highest BCUT2D eigenvalue weighted by Crippen LogP contribution is 2.20. The van der Waals surface area contributed by atoms with Crippen LogP contribution in [0.2, 0.25) is 0 Å². The fourth-order valence-electron chi connectivity index (χ4n) is 1.42. The van der Waals surface area contributed by atoms with Crippen LogP contribution in [0.5, 0.6) is 0 Å². The maximum Gasteiger partial charge on any atom is 0.256 e. The molecule has 5 heteroatoms. The monoisotopic (exact) mass is 419 g/mol. The number of carbonyl (C=O) groups is 1. The molecule has 1 N–H and O–H groups in total. The molecule has 0 radical (unpaired) electrons. The van der Waals surface area contributed by atoms with E-state index in [4.69, 9.17) is 0 Å². The predicted octanol–water partition coefficient (Wildman–Crippen LogP) is 4.45. The molecule has 0 saturated carbocycles. The summed E-state index contributed by atoms with van der Waals surface area (Å²) < 4.78 is 14.5. The van der Waals surface area contributed by atoms with Gasteiger partial charge in [0.2, 0.25) is 0 Å². The topological polar surface area (TPSA) is 29.1 Å². The van der Waals surface area contributed by atoms with Gasteiger partial charge in [0, 0.05) is 9.26 Å². The zero-order chi connectivity index (χ0) is 13.1. The number of hydrogen-bond acceptors (Lipinski definition) is 1. The Morgan fingerprint density at radius 1 is 1.22 bits per heavy atom. The molecule has 2 aromatic rings. The fraction of sp³-hybridized carbons (Fsp3) is 0. The highest BCUT2D eigenvalue weighted by Gasteiger charge is 2.10. The number of carbonyl (C=O) groups excluding carboxylic acids is 1. The highest BCUT2D eigenvalue weighted by atomic mass is 127. The summed E-state index contributed by atoms with van der Waals surface area (Å²) in [5.41, 5.74) is 1.00. The Labute approximate surface area is 126 Å². The van der Waals surface area contributed by atoms with Crippen LogP contribution in [0.25, 0.3) is 0 Å². The van der Waals surface area contributed by atoms with Gasteiger partial charge >= 0.3 is 0 Å². The Bertz CT molecular complexity index is 603. The van der Waals surface area contributed by atoms with Crippen molar-refractivity contribution in [3.8, 4) is 0 Å². The van der Waals surface area contributed by atoms with E-state index >= 15 is 0 Å². The van der Waals surface area contributed by atoms with Crippen LogP contribution in [0, 0.1) is 9.39 Å². The van der Waals surface area contributed by atoms with E-state index in [0.29, 0.717) is 15.7 Å². The van der Waals surface area contributed by atoms with Crippen molar-refractivity contribution in [3.63, 3.8) is 0 Å². The molecular weight excluding hydrogens is 412 g/mol. The van der Waals surface area contributed by atoms with Crippen molar-refractivity contribution >= 4 is 50.1 Å². The lowest BCUT2D eigenvalue weighted by molar-refractivity contribution is 0.102. The van der Waals surface area contributed by atoms with Gasteiger partial charge in [0.05, 0.1) is 10.0 Å². The number of nitrogens with one attached hydrogen (secondary N) is 1. The van der Waals surface area contributed by atoms with E-state index in [0.717, 1.165) is 3.57 Å². The Morgan fingerprint density at radius 3 is 2.61 bits per heavy atom. The van der Waals surface area contributed by atoms with Gasteiger partial charge in [-0.05, 0) is 68.9 Å². The molecule has 0 heterocycles. The van der Waals surface area contributed by atoms with Crippen LogP contribution in [0.4, 0.5) is 10.1 Å². The van der Waals surface area contributed by atoms with E-state index in [1.54, 1.807) is 24.3 Å². The lowest BCUT2D eigenvalue weighted by Crippen LogP contribution is -2.13. The molecule has 1 amide bonds. The van der Waals surface area contributed by atoms with Gasteiger partial charge in [-0.25, -0.2) is 4.39 Å². The molecule has 2 nitrogen and oxygen atoms in total. The van der Waals surface area contributed by atoms with Crippen LogP contribution in [0.1, 0.15) is 10.4 Å². The number of hydrogen-bond donors (Lipinski definition) is 1. The average Bonchev–Trinajstić information content (AvgIpc) is 2.34. The number of rotatable bonds is 2. The van der Waals surface area contributed by atoms with Crippen molar-refractivity contribution in [3.05, 3.63) is 61.9 Å². The van der Waals surface area contributed by atoms with E-state index in [2.05, 4.69) is 43.8 Å². The van der Waals surface area contributed by atoms with E-state index in [1.165, 1.54) is 6.07 Å². The van der Waals surface area contributed by atoms with E-state index in [1.807, 2.05) is 12.1 Å². The molecule has 0 aliphatic carbocycles. The maximum atomic E-state index is 13.3. The number of anilines is 1. The van der Waals surface area contributed by atoms with Gasteiger partial charge in [0.15, 0.2) is 0 Å². The molecule has 0 bridgehead atoms. The lowest BCUT2D eigenvalue weighted by atomic mass is 10.2. The zero-order valence-electron chi connectivity index (χ0n) is 9.08. The van der Waals surface area contributed by atoms with Crippen molar-refractivity contribution < 1.29 is 9.18 Å². The molecule has 0 spiro atoms. The number of halogens is 3. The summed E-state index contributed by atoms with van der Waals surface area (Å²) in [6, 6.07) is 11.7. The molecule has 2 rings (SSSR count). The van der Waals surface area contributed by atoms with E-state index in [9.17, 15) is 9.18 Å². The first-order valence-corrected chi connectivity index (χ1v) is 6.96.